The first kappa shape index (κ1) is 22.9. The number of aromatic nitrogens is 3. The van der Waals surface area contributed by atoms with Gasteiger partial charge in [-0.2, -0.15) is 0 Å². The highest BCUT2D eigenvalue weighted by Gasteiger charge is 2.58. The summed E-state index contributed by atoms with van der Waals surface area (Å²) in [6.07, 6.45) is 2.12. The number of benzene rings is 1. The fraction of sp³-hybridized carbons (Fsp3) is 0.462. The second-order valence-electron chi connectivity index (χ2n) is 10.9. The quantitative estimate of drug-likeness (QED) is 0.312. The van der Waals surface area contributed by atoms with Crippen LogP contribution in [0.1, 0.15) is 18.9 Å². The molecule has 3 saturated heterocycles. The lowest BCUT2D eigenvalue weighted by Gasteiger charge is -2.42. The first-order valence-corrected chi connectivity index (χ1v) is 13.0. The molecule has 5 atom stereocenters. The lowest BCUT2D eigenvalue weighted by molar-refractivity contribution is -0.389. The number of imide groups is 1. The number of anilines is 2. The van der Waals surface area contributed by atoms with Crippen LogP contribution in [0.15, 0.2) is 41.3 Å². The second-order valence-corrected chi connectivity index (χ2v) is 10.9. The maximum atomic E-state index is 13.3. The van der Waals surface area contributed by atoms with Crippen LogP contribution in [0, 0.1) is 33.8 Å². The fourth-order valence-corrected chi connectivity index (χ4v) is 7.36. The van der Waals surface area contributed by atoms with Crippen molar-refractivity contribution in [3.63, 3.8) is 0 Å². The zero-order chi connectivity index (χ0) is 26.3. The monoisotopic (exact) mass is 517 g/mol. The van der Waals surface area contributed by atoms with E-state index in [1.54, 1.807) is 23.9 Å². The number of fused-ring (bicyclic) bond motifs is 5. The highest BCUT2D eigenvalue weighted by atomic mass is 16.6. The summed E-state index contributed by atoms with van der Waals surface area (Å²) in [6, 6.07) is 8.40. The zero-order valence-corrected chi connectivity index (χ0v) is 20.8. The number of carbonyl (C=O) groups excluding carboxylic acids is 2. The average molecular weight is 518 g/mol. The van der Waals surface area contributed by atoms with Gasteiger partial charge < -0.3 is 19.9 Å². The number of para-hydroxylation sites is 1. The Morgan fingerprint density at radius 2 is 1.66 bits per heavy atom. The molecule has 12 nitrogen and oxygen atoms in total. The minimum absolute atomic E-state index is 0.140. The van der Waals surface area contributed by atoms with Gasteiger partial charge in [0.2, 0.25) is 11.8 Å². The van der Waals surface area contributed by atoms with Gasteiger partial charge >= 0.3 is 11.5 Å². The van der Waals surface area contributed by atoms with Crippen molar-refractivity contribution in [1.82, 2.24) is 19.4 Å². The van der Waals surface area contributed by atoms with Crippen molar-refractivity contribution < 1.29 is 14.5 Å². The van der Waals surface area contributed by atoms with Crippen LogP contribution < -0.4 is 20.8 Å². The molecule has 4 aliphatic rings. The molecule has 1 N–H and O–H groups in total. The fourth-order valence-electron chi connectivity index (χ4n) is 7.36. The van der Waals surface area contributed by atoms with Gasteiger partial charge in [-0.15, -0.1) is 0 Å². The maximum absolute atomic E-state index is 13.3. The third kappa shape index (κ3) is 3.21. The minimum atomic E-state index is -0.701. The molecule has 0 spiro atoms. The minimum Gasteiger partial charge on any atom is -0.369 e. The number of piperidine rings is 1. The van der Waals surface area contributed by atoms with Crippen LogP contribution in [0.5, 0.6) is 0 Å². The van der Waals surface area contributed by atoms with Crippen LogP contribution in [0.3, 0.4) is 0 Å². The Labute approximate surface area is 217 Å². The molecule has 0 radical (unpaired) electrons. The Morgan fingerprint density at radius 1 is 0.974 bits per heavy atom. The van der Waals surface area contributed by atoms with Crippen LogP contribution in [-0.2, 0) is 16.6 Å². The van der Waals surface area contributed by atoms with Crippen molar-refractivity contribution in [3.8, 4) is 0 Å². The Balaban J connectivity index is 1.13. The summed E-state index contributed by atoms with van der Waals surface area (Å²) in [5, 5.41) is 13.3. The van der Waals surface area contributed by atoms with Gasteiger partial charge in [0.25, 0.3) is 0 Å². The predicted octanol–water partition coefficient (Wildman–Crippen LogP) is 1.44. The number of amides is 2. The van der Waals surface area contributed by atoms with Gasteiger partial charge in [-0.05, 0) is 58.2 Å². The molecular weight excluding hydrogens is 490 g/mol. The smallest absolute Gasteiger partial charge is 0.363 e. The third-order valence-electron chi connectivity index (χ3n) is 9.15. The molecule has 1 saturated carbocycles. The number of pyridine rings is 1. The van der Waals surface area contributed by atoms with E-state index in [2.05, 4.69) is 20.1 Å². The molecule has 5 heterocycles. The lowest BCUT2D eigenvalue weighted by atomic mass is 9.60. The molecule has 38 heavy (non-hydrogen) atoms. The first-order valence-electron chi connectivity index (χ1n) is 13.0. The van der Waals surface area contributed by atoms with Crippen LogP contribution in [0.4, 0.5) is 17.2 Å². The van der Waals surface area contributed by atoms with E-state index >= 15 is 0 Å². The van der Waals surface area contributed by atoms with Gasteiger partial charge in [-0.1, -0.05) is 6.07 Å². The normalized spacial score (nSPS) is 28.3. The molecular formula is C26H27N7O5. The SMILES string of the molecule is Cn1c(=O)n(C2CCC(=O)NC2=O)c2cccc(N3C[C@@H]4[C@H]5CN(c6ccc([N+](=O)[O-])nc6)C[C@H]5[C@@H]4C3)c21. The largest absolute Gasteiger partial charge is 0.369 e. The van der Waals surface area contributed by atoms with Gasteiger partial charge in [-0.25, -0.2) is 4.79 Å². The van der Waals surface area contributed by atoms with E-state index in [0.29, 0.717) is 35.6 Å². The predicted molar refractivity (Wildman–Crippen MR) is 138 cm³/mol. The summed E-state index contributed by atoms with van der Waals surface area (Å²) < 4.78 is 3.16. The summed E-state index contributed by atoms with van der Waals surface area (Å²) in [7, 11) is 1.74. The van der Waals surface area contributed by atoms with Gasteiger partial charge in [0.15, 0.2) is 6.20 Å². The van der Waals surface area contributed by atoms with Crippen molar-refractivity contribution in [2.75, 3.05) is 36.0 Å². The van der Waals surface area contributed by atoms with Crippen molar-refractivity contribution in [2.45, 2.75) is 18.9 Å². The number of rotatable bonds is 4. The molecule has 0 bridgehead atoms. The van der Waals surface area contributed by atoms with Crippen LogP contribution in [0.2, 0.25) is 0 Å². The second kappa shape index (κ2) is 8.14. The van der Waals surface area contributed by atoms with Crippen LogP contribution >= 0.6 is 0 Å². The lowest BCUT2D eigenvalue weighted by Crippen LogP contribution is -2.44. The molecule has 1 unspecified atom stereocenters. The highest BCUT2D eigenvalue weighted by molar-refractivity contribution is 6.00. The topological polar surface area (TPSA) is 136 Å². The summed E-state index contributed by atoms with van der Waals surface area (Å²) >= 11 is 0. The molecule has 4 fully saturated rings. The molecule has 196 valence electrons. The molecule has 2 aromatic heterocycles. The number of hydrogen-bond acceptors (Lipinski definition) is 8. The third-order valence-corrected chi connectivity index (χ3v) is 9.15. The van der Waals surface area contributed by atoms with E-state index in [0.717, 1.165) is 43.1 Å². The number of imidazole rings is 1. The number of hydrogen-bond donors (Lipinski definition) is 1. The molecule has 2 amide bonds. The number of aryl methyl sites for hydroxylation is 1. The number of nitrogens with one attached hydrogen (secondary N) is 1. The molecule has 7 rings (SSSR count). The standard InChI is InChI=1S/C26H27N7O5/c1-29-24-19(3-2-4-20(24)32(26(29)36)21-6-8-23(34)28-25(21)35)31-12-17-15-10-30(11-16(15)18(17)13-31)14-5-7-22(27-9-14)33(37)38/h2-5,7,9,15-18,21H,6,8,10-13H2,1H3,(H,28,34,35)/t15-,16+,17+,18-,21?. The van der Waals surface area contributed by atoms with Crippen molar-refractivity contribution in [1.29, 1.82) is 0 Å². The first-order chi connectivity index (χ1) is 18.3. The van der Waals surface area contributed by atoms with Crippen LogP contribution in [-0.4, -0.2) is 57.0 Å². The van der Waals surface area contributed by atoms with Gasteiger partial charge in [0, 0.05) is 45.7 Å². The summed E-state index contributed by atoms with van der Waals surface area (Å²) in [6.45, 7) is 3.62. The summed E-state index contributed by atoms with van der Waals surface area (Å²) in [5.41, 5.74) is 3.19. The molecule has 3 aromatic rings. The molecule has 1 aliphatic carbocycles. The van der Waals surface area contributed by atoms with Crippen LogP contribution in [0.25, 0.3) is 11.0 Å². The zero-order valence-electron chi connectivity index (χ0n) is 20.8. The Hall–Kier alpha value is -4.22. The van der Waals surface area contributed by atoms with Crippen molar-refractivity contribution >= 4 is 40.0 Å². The van der Waals surface area contributed by atoms with Gasteiger partial charge in [0.1, 0.15) is 6.04 Å². The Morgan fingerprint density at radius 3 is 2.26 bits per heavy atom. The van der Waals surface area contributed by atoms with E-state index < -0.39 is 16.9 Å². The average Bonchev–Trinajstić information content (AvgIpc) is 3.55. The van der Waals surface area contributed by atoms with E-state index in [9.17, 15) is 24.5 Å². The van der Waals surface area contributed by atoms with Gasteiger partial charge in [-0.3, -0.25) is 24.0 Å². The number of carbonyl (C=O) groups is 2. The highest BCUT2D eigenvalue weighted by Crippen LogP contribution is 2.55. The number of nitro groups is 1. The maximum Gasteiger partial charge on any atom is 0.363 e. The molecule has 12 heteroatoms. The van der Waals surface area contributed by atoms with E-state index in [1.165, 1.54) is 10.6 Å². The summed E-state index contributed by atoms with van der Waals surface area (Å²) in [4.78, 5) is 56.7. The summed E-state index contributed by atoms with van der Waals surface area (Å²) in [5.74, 6) is 1.31. The van der Waals surface area contributed by atoms with E-state index in [-0.39, 0.29) is 23.8 Å². The molecule has 1 aromatic carbocycles. The van der Waals surface area contributed by atoms with Gasteiger partial charge in [0.05, 0.1) is 22.4 Å². The van der Waals surface area contributed by atoms with Crippen molar-refractivity contribution in [3.05, 3.63) is 57.1 Å². The Kier molecular flexibility index (Phi) is 4.91. The Bertz CT molecular complexity index is 1540. The van der Waals surface area contributed by atoms with E-state index in [4.69, 9.17) is 0 Å². The van der Waals surface area contributed by atoms with Crippen molar-refractivity contribution in [2.24, 2.45) is 30.7 Å². The molecule has 3 aliphatic heterocycles. The number of nitrogens with zero attached hydrogens (tertiary/aromatic N) is 6. The van der Waals surface area contributed by atoms with E-state index in [1.807, 2.05) is 18.2 Å².